The van der Waals surface area contributed by atoms with Crippen LogP contribution in [0.3, 0.4) is 0 Å². The number of aromatic nitrogens is 6. The first-order valence-electron chi connectivity index (χ1n) is 12.4. The molecule has 4 aromatic rings. The molecule has 0 bridgehead atoms. The Morgan fingerprint density at radius 2 is 1.92 bits per heavy atom. The number of nitriles is 1. The Bertz CT molecular complexity index is 1700. The standard InChI is InChI=1S/C26H21F4N7O2/c1-36-24(38)22-21(35-25(36)26(28,29)30)20(17-5-2-13(10-31)8-18(17)27)33-23(34-22)14-6-7-39-19(9-14)15-11-32-37(12-15)16-3-4-16/h2,5,8,11-12,14,16,19H,3-4,6-7,9H2,1H3/t14-,19-/m1/s1. The highest BCUT2D eigenvalue weighted by atomic mass is 19.4. The maximum atomic E-state index is 15.1. The van der Waals surface area contributed by atoms with Crippen molar-refractivity contribution in [2.75, 3.05) is 6.61 Å². The third-order valence-electron chi connectivity index (χ3n) is 7.11. The quantitative estimate of drug-likeness (QED) is 0.349. The van der Waals surface area contributed by atoms with Gasteiger partial charge in [-0.2, -0.15) is 23.5 Å². The molecule has 1 saturated carbocycles. The maximum absolute atomic E-state index is 15.1. The van der Waals surface area contributed by atoms with Crippen molar-refractivity contribution in [3.8, 4) is 17.3 Å². The first-order valence-corrected chi connectivity index (χ1v) is 12.4. The summed E-state index contributed by atoms with van der Waals surface area (Å²) < 4.78 is 64.5. The topological polar surface area (TPSA) is 112 Å². The van der Waals surface area contributed by atoms with Crippen LogP contribution in [-0.4, -0.2) is 35.9 Å². The lowest BCUT2D eigenvalue weighted by Gasteiger charge is -2.28. The summed E-state index contributed by atoms with van der Waals surface area (Å²) in [7, 11) is 0.962. The second kappa shape index (κ2) is 9.23. The number of hydrogen-bond acceptors (Lipinski definition) is 7. The third kappa shape index (κ3) is 4.54. The lowest BCUT2D eigenvalue weighted by Crippen LogP contribution is -2.29. The fraction of sp³-hybridized carbons (Fsp3) is 0.385. The molecule has 9 nitrogen and oxygen atoms in total. The number of halogens is 4. The van der Waals surface area contributed by atoms with E-state index in [1.54, 1.807) is 6.20 Å². The molecule has 0 spiro atoms. The van der Waals surface area contributed by atoms with Gasteiger partial charge in [0.05, 0.1) is 30.0 Å². The monoisotopic (exact) mass is 539 g/mol. The van der Waals surface area contributed by atoms with Gasteiger partial charge < -0.3 is 4.74 Å². The van der Waals surface area contributed by atoms with Gasteiger partial charge >= 0.3 is 6.18 Å². The number of hydrogen-bond donors (Lipinski definition) is 0. The molecule has 13 heteroatoms. The molecule has 200 valence electrons. The van der Waals surface area contributed by atoms with Crippen LogP contribution in [0.5, 0.6) is 0 Å². The number of ether oxygens (including phenoxy) is 1. The van der Waals surface area contributed by atoms with Gasteiger partial charge in [-0.15, -0.1) is 0 Å². The van der Waals surface area contributed by atoms with Gasteiger partial charge in [-0.3, -0.25) is 14.0 Å². The summed E-state index contributed by atoms with van der Waals surface area (Å²) >= 11 is 0. The molecule has 6 rings (SSSR count). The number of alkyl halides is 3. The number of rotatable bonds is 4. The van der Waals surface area contributed by atoms with Crippen LogP contribution in [0.2, 0.25) is 0 Å². The molecule has 3 aromatic heterocycles. The van der Waals surface area contributed by atoms with Crippen LogP contribution in [0, 0.1) is 17.1 Å². The molecule has 2 fully saturated rings. The Kier molecular flexibility index (Phi) is 5.95. The summed E-state index contributed by atoms with van der Waals surface area (Å²) in [5, 5.41) is 13.5. The Balaban J connectivity index is 1.49. The summed E-state index contributed by atoms with van der Waals surface area (Å²) in [5.74, 6) is -2.48. The minimum Gasteiger partial charge on any atom is -0.373 e. The molecule has 0 radical (unpaired) electrons. The van der Waals surface area contributed by atoms with Gasteiger partial charge in [0.15, 0.2) is 5.52 Å². The number of benzene rings is 1. The first kappa shape index (κ1) is 25.1. The van der Waals surface area contributed by atoms with Crippen molar-refractivity contribution in [2.24, 2.45) is 7.05 Å². The lowest BCUT2D eigenvalue weighted by molar-refractivity contribution is -0.147. The Morgan fingerprint density at radius 3 is 2.62 bits per heavy atom. The van der Waals surface area contributed by atoms with E-state index in [9.17, 15) is 18.0 Å². The van der Waals surface area contributed by atoms with Crippen LogP contribution >= 0.6 is 0 Å². The van der Waals surface area contributed by atoms with Gasteiger partial charge in [0.25, 0.3) is 5.56 Å². The molecular weight excluding hydrogens is 518 g/mol. The summed E-state index contributed by atoms with van der Waals surface area (Å²) in [6, 6.07) is 5.73. The molecule has 1 aliphatic heterocycles. The Labute approximate surface area is 218 Å². The molecule has 0 unspecified atom stereocenters. The van der Waals surface area contributed by atoms with Crippen LogP contribution < -0.4 is 5.56 Å². The predicted octanol–water partition coefficient (Wildman–Crippen LogP) is 4.59. The number of nitrogens with zero attached hydrogens (tertiary/aromatic N) is 7. The SMILES string of the molecule is Cn1c(C(F)(F)F)nc2c(-c3ccc(C#N)cc3F)nc([C@@H]3CCO[C@@H](c4cnn(C5CC5)c4)C3)nc2c1=O. The molecule has 39 heavy (non-hydrogen) atoms. The van der Waals surface area contributed by atoms with E-state index in [-0.39, 0.29) is 40.2 Å². The summed E-state index contributed by atoms with van der Waals surface area (Å²) in [5.41, 5.74) is -1.37. The third-order valence-corrected chi connectivity index (χ3v) is 7.11. The second-order valence-corrected chi connectivity index (χ2v) is 9.80. The molecule has 0 N–H and O–H groups in total. The smallest absolute Gasteiger partial charge is 0.373 e. The zero-order chi connectivity index (χ0) is 27.5. The Hall–Kier alpha value is -4.18. The summed E-state index contributed by atoms with van der Waals surface area (Å²) in [6.45, 7) is 0.356. The molecule has 1 aromatic carbocycles. The average molecular weight is 539 g/mol. The number of fused-ring (bicyclic) bond motifs is 1. The van der Waals surface area contributed by atoms with Gasteiger partial charge in [0, 0.05) is 36.9 Å². The minimum atomic E-state index is -4.94. The van der Waals surface area contributed by atoms with E-state index >= 15 is 4.39 Å². The van der Waals surface area contributed by atoms with Gasteiger partial charge in [0.1, 0.15) is 22.9 Å². The minimum absolute atomic E-state index is 0.0219. The largest absolute Gasteiger partial charge is 0.449 e. The van der Waals surface area contributed by atoms with Crippen LogP contribution in [0.25, 0.3) is 22.3 Å². The maximum Gasteiger partial charge on any atom is 0.449 e. The summed E-state index contributed by atoms with van der Waals surface area (Å²) in [4.78, 5) is 25.7. The molecule has 2 atom stereocenters. The highest BCUT2D eigenvalue weighted by Gasteiger charge is 2.38. The van der Waals surface area contributed by atoms with E-state index in [0.29, 0.717) is 30.1 Å². The van der Waals surface area contributed by atoms with Crippen molar-refractivity contribution >= 4 is 11.0 Å². The summed E-state index contributed by atoms with van der Waals surface area (Å²) in [6.07, 6.45) is 1.51. The highest BCUT2D eigenvalue weighted by molar-refractivity contribution is 5.88. The van der Waals surface area contributed by atoms with E-state index in [1.165, 1.54) is 12.1 Å². The molecular formula is C26H21F4N7O2. The van der Waals surface area contributed by atoms with Crippen LogP contribution in [-0.2, 0) is 18.0 Å². The van der Waals surface area contributed by atoms with Crippen molar-refractivity contribution in [3.63, 3.8) is 0 Å². The van der Waals surface area contributed by atoms with Crippen LogP contribution in [0.15, 0.2) is 35.4 Å². The van der Waals surface area contributed by atoms with E-state index in [2.05, 4.69) is 20.1 Å². The van der Waals surface area contributed by atoms with E-state index in [0.717, 1.165) is 31.5 Å². The van der Waals surface area contributed by atoms with Crippen molar-refractivity contribution in [1.29, 1.82) is 5.26 Å². The molecule has 2 aliphatic rings. The predicted molar refractivity (Wildman–Crippen MR) is 129 cm³/mol. The van der Waals surface area contributed by atoms with Crippen molar-refractivity contribution in [1.82, 2.24) is 29.3 Å². The second-order valence-electron chi connectivity index (χ2n) is 9.80. The average Bonchev–Trinajstić information content (AvgIpc) is 3.65. The van der Waals surface area contributed by atoms with Gasteiger partial charge in [-0.25, -0.2) is 19.3 Å². The van der Waals surface area contributed by atoms with Gasteiger partial charge in [-0.05, 0) is 43.9 Å². The normalized spacial score (nSPS) is 19.8. The fourth-order valence-electron chi connectivity index (χ4n) is 4.89. The molecule has 0 amide bonds. The van der Waals surface area contributed by atoms with E-state index in [4.69, 9.17) is 10.00 Å². The fourth-order valence-corrected chi connectivity index (χ4v) is 4.89. The highest BCUT2D eigenvalue weighted by Crippen LogP contribution is 2.40. The van der Waals surface area contributed by atoms with E-state index in [1.807, 2.05) is 16.9 Å². The molecule has 4 heterocycles. The van der Waals surface area contributed by atoms with Gasteiger partial charge in [-0.1, -0.05) is 0 Å². The van der Waals surface area contributed by atoms with Crippen molar-refractivity contribution in [2.45, 2.75) is 49.9 Å². The molecule has 1 aliphatic carbocycles. The van der Waals surface area contributed by atoms with Crippen LogP contribution in [0.1, 0.15) is 66.5 Å². The van der Waals surface area contributed by atoms with Crippen molar-refractivity contribution < 1.29 is 22.3 Å². The molecule has 1 saturated heterocycles. The first-order chi connectivity index (χ1) is 18.6. The zero-order valence-corrected chi connectivity index (χ0v) is 20.6. The lowest BCUT2D eigenvalue weighted by atomic mass is 9.92. The van der Waals surface area contributed by atoms with E-state index < -0.39 is 28.9 Å². The van der Waals surface area contributed by atoms with Gasteiger partial charge in [0.2, 0.25) is 5.82 Å². The van der Waals surface area contributed by atoms with Crippen molar-refractivity contribution in [3.05, 3.63) is 69.5 Å². The Morgan fingerprint density at radius 1 is 1.13 bits per heavy atom. The van der Waals surface area contributed by atoms with Crippen LogP contribution in [0.4, 0.5) is 17.6 Å². The zero-order valence-electron chi connectivity index (χ0n) is 20.6.